The van der Waals surface area contributed by atoms with Gasteiger partial charge in [0.05, 0.1) is 37.1 Å². The van der Waals surface area contributed by atoms with Crippen molar-refractivity contribution >= 4 is 5.97 Å². The van der Waals surface area contributed by atoms with Gasteiger partial charge in [-0.2, -0.15) is 0 Å². The van der Waals surface area contributed by atoms with Crippen molar-refractivity contribution in [3.8, 4) is 0 Å². The molecule has 1 spiro atoms. The minimum atomic E-state index is -1.61. The Morgan fingerprint density at radius 1 is 0.833 bits per heavy atom. The highest BCUT2D eigenvalue weighted by molar-refractivity contribution is 5.66. The Balaban J connectivity index is 1.05. The molecule has 3 saturated carbocycles. The average molecular weight is 765 g/mol. The minimum Gasteiger partial charge on any atom is -0.457 e. The fourth-order valence-electron chi connectivity index (χ4n) is 12.9. The SMILES string of the molecule is CC(=O)O[C@@H]1[C@@H](O)[C@H](C)O[C@@H](O[C@H]2[C@H](O[C@@H]3C[C@H](O)CC4=CC[C@H]5[C@@H]6C[C@@H]7O[C@]8(CC[C@H](C)CO8)[C@@H](C)[C@@H]7[C@@]6(C)CC[C@@H]5[C@]43C)O[C@H](C)[C@H](O)[C@@H]2O)[C@@H]1O. The number of ether oxygens (including phenoxy) is 7. The van der Waals surface area contributed by atoms with Crippen molar-refractivity contribution in [3.63, 3.8) is 0 Å². The first-order chi connectivity index (χ1) is 25.5. The van der Waals surface area contributed by atoms with E-state index < -0.39 is 90.8 Å². The van der Waals surface area contributed by atoms with E-state index in [-0.39, 0.29) is 17.4 Å². The van der Waals surface area contributed by atoms with E-state index in [1.807, 2.05) is 0 Å². The summed E-state index contributed by atoms with van der Waals surface area (Å²) >= 11 is 0. The van der Waals surface area contributed by atoms with Crippen molar-refractivity contribution in [1.29, 1.82) is 0 Å². The van der Waals surface area contributed by atoms with Crippen LogP contribution < -0.4 is 0 Å². The second-order valence-corrected chi connectivity index (χ2v) is 18.9. The van der Waals surface area contributed by atoms with Crippen LogP contribution >= 0.6 is 0 Å². The molecule has 306 valence electrons. The molecule has 8 aliphatic rings. The molecular formula is C41H64O13. The Morgan fingerprint density at radius 3 is 2.26 bits per heavy atom. The highest BCUT2D eigenvalue weighted by atomic mass is 16.8. The molecule has 4 aliphatic carbocycles. The molecule has 0 bridgehead atoms. The topological polar surface area (TPSA) is 183 Å². The summed E-state index contributed by atoms with van der Waals surface area (Å²) in [5.74, 6) is 1.27. The second kappa shape index (κ2) is 14.2. The van der Waals surface area contributed by atoms with E-state index >= 15 is 0 Å². The molecular weight excluding hydrogens is 700 g/mol. The zero-order valence-electron chi connectivity index (χ0n) is 32.9. The average Bonchev–Trinajstić information content (AvgIpc) is 3.56. The number of carbonyl (C=O) groups excluding carboxylic acids is 1. The lowest BCUT2D eigenvalue weighted by atomic mass is 9.46. The number of aliphatic hydroxyl groups is 5. The molecule has 0 aromatic rings. The highest BCUT2D eigenvalue weighted by Crippen LogP contribution is 2.71. The van der Waals surface area contributed by atoms with Crippen molar-refractivity contribution in [3.05, 3.63) is 11.6 Å². The molecule has 0 amide bonds. The van der Waals surface area contributed by atoms with Crippen LogP contribution in [0.4, 0.5) is 0 Å². The van der Waals surface area contributed by atoms with Crippen LogP contribution in [0.1, 0.15) is 99.8 Å². The first-order valence-corrected chi connectivity index (χ1v) is 20.7. The van der Waals surface area contributed by atoms with Crippen LogP contribution in [0, 0.1) is 46.3 Å². The quantitative estimate of drug-likeness (QED) is 0.204. The lowest BCUT2D eigenvalue weighted by molar-refractivity contribution is -0.371. The molecule has 13 nitrogen and oxygen atoms in total. The summed E-state index contributed by atoms with van der Waals surface area (Å²) < 4.78 is 43.9. The molecule has 0 aromatic heterocycles. The van der Waals surface area contributed by atoms with Crippen LogP contribution in [0.15, 0.2) is 11.6 Å². The smallest absolute Gasteiger partial charge is 0.303 e. The van der Waals surface area contributed by atoms with E-state index in [1.165, 1.54) is 12.5 Å². The number of hydrogen-bond donors (Lipinski definition) is 5. The van der Waals surface area contributed by atoms with Crippen LogP contribution in [0.2, 0.25) is 0 Å². The van der Waals surface area contributed by atoms with Crippen LogP contribution in [-0.2, 0) is 38.0 Å². The van der Waals surface area contributed by atoms with Crippen LogP contribution in [0.5, 0.6) is 0 Å². The van der Waals surface area contributed by atoms with Gasteiger partial charge in [0.25, 0.3) is 0 Å². The number of aliphatic hydroxyl groups excluding tert-OH is 5. The van der Waals surface area contributed by atoms with E-state index in [0.29, 0.717) is 42.4 Å². The fraction of sp³-hybridized carbons (Fsp3) is 0.927. The van der Waals surface area contributed by atoms with Gasteiger partial charge in [-0.1, -0.05) is 39.3 Å². The predicted molar refractivity (Wildman–Crippen MR) is 191 cm³/mol. The molecule has 22 atom stereocenters. The summed E-state index contributed by atoms with van der Waals surface area (Å²) in [4.78, 5) is 11.8. The van der Waals surface area contributed by atoms with Gasteiger partial charge in [-0.25, -0.2) is 0 Å². The van der Waals surface area contributed by atoms with Crippen LogP contribution in [0.3, 0.4) is 0 Å². The van der Waals surface area contributed by atoms with E-state index in [4.69, 9.17) is 33.2 Å². The zero-order valence-corrected chi connectivity index (χ0v) is 32.9. The normalized spacial score (nSPS) is 57.0. The molecule has 8 rings (SSSR count). The van der Waals surface area contributed by atoms with Crippen LogP contribution in [-0.4, -0.2) is 124 Å². The van der Waals surface area contributed by atoms with E-state index in [2.05, 4.69) is 33.8 Å². The number of fused-ring (bicyclic) bond motifs is 7. The minimum absolute atomic E-state index is 0.115. The predicted octanol–water partition coefficient (Wildman–Crippen LogP) is 2.96. The Hall–Kier alpha value is -1.23. The maximum absolute atomic E-state index is 11.8. The third kappa shape index (κ3) is 6.17. The molecule has 0 radical (unpaired) electrons. The molecule has 5 N–H and O–H groups in total. The van der Waals surface area contributed by atoms with Gasteiger partial charge >= 0.3 is 5.97 Å². The molecule has 54 heavy (non-hydrogen) atoms. The van der Waals surface area contributed by atoms with Crippen molar-refractivity contribution in [2.45, 2.75) is 185 Å². The van der Waals surface area contributed by atoms with E-state index in [1.54, 1.807) is 13.8 Å². The summed E-state index contributed by atoms with van der Waals surface area (Å²) in [5.41, 5.74) is 0.849. The number of allylic oxidation sites excluding steroid dienone is 1. The third-order valence-electron chi connectivity index (χ3n) is 15.9. The van der Waals surface area contributed by atoms with E-state index in [9.17, 15) is 30.3 Å². The fourth-order valence-corrected chi connectivity index (χ4v) is 12.9. The Bertz CT molecular complexity index is 1430. The number of carbonyl (C=O) groups is 1. The molecule has 4 aliphatic heterocycles. The Kier molecular flexibility index (Phi) is 10.4. The number of esters is 1. The van der Waals surface area contributed by atoms with Gasteiger partial charge < -0.3 is 58.7 Å². The summed E-state index contributed by atoms with van der Waals surface area (Å²) in [6.07, 6.45) is -4.40. The summed E-state index contributed by atoms with van der Waals surface area (Å²) in [6.45, 7) is 14.5. The van der Waals surface area contributed by atoms with Gasteiger partial charge in [-0.15, -0.1) is 0 Å². The van der Waals surface area contributed by atoms with Crippen molar-refractivity contribution < 1.29 is 63.5 Å². The highest BCUT2D eigenvalue weighted by Gasteiger charge is 2.69. The largest absolute Gasteiger partial charge is 0.457 e. The molecule has 13 heteroatoms. The summed E-state index contributed by atoms with van der Waals surface area (Å²) in [5, 5.41) is 55.4. The molecule has 0 aromatic carbocycles. The van der Waals surface area contributed by atoms with Crippen LogP contribution in [0.25, 0.3) is 0 Å². The van der Waals surface area contributed by atoms with Gasteiger partial charge in [0.2, 0.25) is 0 Å². The second-order valence-electron chi connectivity index (χ2n) is 18.9. The lowest BCUT2D eigenvalue weighted by Crippen LogP contribution is -2.65. The van der Waals surface area contributed by atoms with Gasteiger partial charge in [0, 0.05) is 31.1 Å². The van der Waals surface area contributed by atoms with Gasteiger partial charge in [0.1, 0.15) is 30.5 Å². The van der Waals surface area contributed by atoms with Crippen molar-refractivity contribution in [2.75, 3.05) is 6.61 Å². The van der Waals surface area contributed by atoms with E-state index in [0.717, 1.165) is 45.1 Å². The summed E-state index contributed by atoms with van der Waals surface area (Å²) in [7, 11) is 0. The first kappa shape index (κ1) is 39.6. The standard InChI is InChI=1S/C41H64O13/c1-18-10-13-41(48-17-18)19(2)30-28(54-41)16-27-25-9-8-23-14-24(43)15-29(40(23,7)26(25)11-12-39(27,30)6)52-38-36(33(46)31(44)20(3)50-38)53-37-34(47)35(51-22(5)42)32(45)21(4)49-37/h8,18-21,24-38,43-47H,9-17H2,1-7H3/t18-,19-,20+,21-,24+,25+,26-,27-,28-,29+,30-,31-,32-,33-,34+,35+,36+,37-,38-,39-,40-,41+/m0/s1. The Labute approximate surface area is 319 Å². The Morgan fingerprint density at radius 2 is 1.56 bits per heavy atom. The maximum Gasteiger partial charge on any atom is 0.303 e. The van der Waals surface area contributed by atoms with Gasteiger partial charge in [-0.3, -0.25) is 4.79 Å². The third-order valence-corrected chi connectivity index (χ3v) is 15.9. The molecule has 0 unspecified atom stereocenters. The van der Waals surface area contributed by atoms with Gasteiger partial charge in [-0.05, 0) is 87.4 Å². The molecule has 4 heterocycles. The maximum atomic E-state index is 11.8. The van der Waals surface area contributed by atoms with Crippen molar-refractivity contribution in [1.82, 2.24) is 0 Å². The number of hydrogen-bond acceptors (Lipinski definition) is 13. The van der Waals surface area contributed by atoms with Crippen molar-refractivity contribution in [2.24, 2.45) is 46.3 Å². The number of rotatable bonds is 5. The monoisotopic (exact) mass is 764 g/mol. The zero-order chi connectivity index (χ0) is 38.6. The summed E-state index contributed by atoms with van der Waals surface area (Å²) in [6, 6.07) is 0. The lowest BCUT2D eigenvalue weighted by Gasteiger charge is -2.60. The first-order valence-electron chi connectivity index (χ1n) is 20.7. The molecule has 4 saturated heterocycles. The van der Waals surface area contributed by atoms with Gasteiger partial charge in [0.15, 0.2) is 24.5 Å². The molecule has 7 fully saturated rings.